The summed E-state index contributed by atoms with van der Waals surface area (Å²) in [6.07, 6.45) is 2.75. The number of para-hydroxylation sites is 2. The van der Waals surface area contributed by atoms with Gasteiger partial charge in [-0.3, -0.25) is 9.55 Å². The summed E-state index contributed by atoms with van der Waals surface area (Å²) in [4.78, 5) is 10.3. The molecule has 0 aliphatic rings. The summed E-state index contributed by atoms with van der Waals surface area (Å²) in [5, 5.41) is 11.4. The summed E-state index contributed by atoms with van der Waals surface area (Å²) >= 11 is 0. The predicted molar refractivity (Wildman–Crippen MR) is 236 cm³/mol. The fourth-order valence-corrected chi connectivity index (χ4v) is 7.80. The molecule has 0 saturated carbocycles. The van der Waals surface area contributed by atoms with Gasteiger partial charge in [-0.15, -0.1) is 0 Å². The zero-order valence-corrected chi connectivity index (χ0v) is 31.9. The fourth-order valence-electron chi connectivity index (χ4n) is 7.80. The van der Waals surface area contributed by atoms with Gasteiger partial charge in [0.25, 0.3) is 0 Å². The van der Waals surface area contributed by atoms with E-state index in [-0.39, 0.29) is 5.75 Å². The van der Waals surface area contributed by atoms with Gasteiger partial charge in [-0.1, -0.05) is 135 Å². The number of aromatic hydroxyl groups is 1. The average molecular weight is 741 g/mol. The van der Waals surface area contributed by atoms with E-state index in [4.69, 9.17) is 14.1 Å². The Bertz CT molecular complexity index is 2970. The lowest BCUT2D eigenvalue weighted by Crippen LogP contribution is -2.02. The van der Waals surface area contributed by atoms with Crippen molar-refractivity contribution in [2.45, 2.75) is 27.1 Å². The number of benzene rings is 7. The van der Waals surface area contributed by atoms with Crippen molar-refractivity contribution in [2.75, 3.05) is 0 Å². The maximum absolute atomic E-state index is 11.4. The van der Waals surface area contributed by atoms with Gasteiger partial charge in [0.1, 0.15) is 11.6 Å². The van der Waals surface area contributed by atoms with Crippen LogP contribution in [-0.4, -0.2) is 19.6 Å². The zero-order valence-electron chi connectivity index (χ0n) is 34.9. The molecule has 0 saturated heterocycles. The Morgan fingerprint density at radius 1 is 0.561 bits per heavy atom. The highest BCUT2D eigenvalue weighted by Gasteiger charge is 2.22. The molecule has 0 spiro atoms. The van der Waals surface area contributed by atoms with Gasteiger partial charge in [-0.25, -0.2) is 4.98 Å². The van der Waals surface area contributed by atoms with E-state index in [9.17, 15) is 5.11 Å². The smallest absolute Gasteiger partial charge is 0.149 e. The van der Waals surface area contributed by atoms with Crippen molar-refractivity contribution < 1.29 is 9.22 Å². The summed E-state index contributed by atoms with van der Waals surface area (Å²) in [5.74, 6) is 1.29. The summed E-state index contributed by atoms with van der Waals surface area (Å²) in [7, 11) is 0. The number of aromatic nitrogens is 3. The van der Waals surface area contributed by atoms with Crippen LogP contribution in [0.25, 0.3) is 83.9 Å². The minimum Gasteiger partial charge on any atom is -0.507 e. The van der Waals surface area contributed by atoms with Crippen molar-refractivity contribution in [1.82, 2.24) is 14.5 Å². The van der Waals surface area contributed by atoms with Crippen LogP contribution in [0.2, 0.25) is 0 Å². The van der Waals surface area contributed by atoms with Gasteiger partial charge in [0.15, 0.2) is 0 Å². The van der Waals surface area contributed by atoms with Crippen LogP contribution < -0.4 is 0 Å². The molecule has 4 nitrogen and oxygen atoms in total. The molecule has 4 heteroatoms. The quantitative estimate of drug-likeness (QED) is 0.160. The summed E-state index contributed by atoms with van der Waals surface area (Å²) in [6.45, 7) is 2.31. The van der Waals surface area contributed by atoms with E-state index in [0.29, 0.717) is 22.9 Å². The van der Waals surface area contributed by atoms with Gasteiger partial charge >= 0.3 is 0 Å². The molecule has 0 amide bonds. The third-order valence-corrected chi connectivity index (χ3v) is 10.5. The molecule has 0 atom stereocenters. The number of phenolic OH excluding ortho intramolecular Hbond substituents is 1. The number of fused-ring (bicyclic) bond motifs is 1. The molecule has 2 heterocycles. The molecule has 7 aromatic carbocycles. The Morgan fingerprint density at radius 2 is 1.25 bits per heavy atom. The lowest BCUT2D eigenvalue weighted by Gasteiger charge is -2.17. The molecular weight excluding hydrogens is 695 g/mol. The molecule has 0 aliphatic carbocycles. The Kier molecular flexibility index (Phi) is 8.62. The van der Waals surface area contributed by atoms with Crippen molar-refractivity contribution in [3.8, 4) is 78.6 Å². The first-order valence-electron chi connectivity index (χ1n) is 20.9. The van der Waals surface area contributed by atoms with Crippen LogP contribution in [0.15, 0.2) is 182 Å². The largest absolute Gasteiger partial charge is 0.507 e. The number of nitrogens with zero attached hydrogens (tertiary/aromatic N) is 3. The first-order chi connectivity index (χ1) is 29.1. The Hall–Kier alpha value is -7.04. The second-order valence-electron chi connectivity index (χ2n) is 14.9. The molecular formula is C53H43N3O. The molecule has 9 aromatic rings. The molecule has 276 valence electrons. The number of aryl methyl sites for hydroxylation is 1. The maximum atomic E-state index is 11.4. The summed E-state index contributed by atoms with van der Waals surface area (Å²) in [5.41, 5.74) is 14.6. The monoisotopic (exact) mass is 740 g/mol. The molecule has 0 fully saturated rings. The van der Waals surface area contributed by atoms with E-state index in [0.717, 1.165) is 78.9 Å². The molecule has 1 N–H and O–H groups in total. The first kappa shape index (κ1) is 32.2. The molecule has 0 unspecified atom stereocenters. The number of hydrogen-bond donors (Lipinski definition) is 1. The average Bonchev–Trinajstić information content (AvgIpc) is 3.66. The van der Waals surface area contributed by atoms with Gasteiger partial charge < -0.3 is 5.11 Å². The van der Waals surface area contributed by atoms with E-state index in [1.165, 1.54) is 5.56 Å². The topological polar surface area (TPSA) is 50.9 Å². The molecule has 0 aliphatic heterocycles. The highest BCUT2D eigenvalue weighted by atomic mass is 16.3. The van der Waals surface area contributed by atoms with Crippen molar-refractivity contribution in [3.05, 3.63) is 193 Å². The van der Waals surface area contributed by atoms with Gasteiger partial charge in [0.2, 0.25) is 0 Å². The third-order valence-electron chi connectivity index (χ3n) is 10.5. The van der Waals surface area contributed by atoms with Crippen LogP contribution in [0.1, 0.15) is 29.1 Å². The number of imidazole rings is 1. The lowest BCUT2D eigenvalue weighted by molar-refractivity contribution is 0.477. The zero-order chi connectivity index (χ0) is 41.4. The Morgan fingerprint density at radius 3 is 2.00 bits per heavy atom. The normalized spacial score (nSPS) is 12.4. The molecule has 9 rings (SSSR count). The number of pyridine rings is 1. The number of rotatable bonds is 9. The van der Waals surface area contributed by atoms with Crippen molar-refractivity contribution >= 4 is 11.0 Å². The molecule has 0 bridgehead atoms. The van der Waals surface area contributed by atoms with E-state index in [1.54, 1.807) is 24.4 Å². The first-order valence-corrected chi connectivity index (χ1v) is 19.4. The second-order valence-corrected chi connectivity index (χ2v) is 14.9. The fraction of sp³-hybridized carbons (Fsp3) is 0.0943. The summed E-state index contributed by atoms with van der Waals surface area (Å²) in [6, 6.07) is 58.8. The highest BCUT2D eigenvalue weighted by Crippen LogP contribution is 2.42. The predicted octanol–water partition coefficient (Wildman–Crippen LogP) is 13.6. The third kappa shape index (κ3) is 7.14. The van der Waals surface area contributed by atoms with Crippen LogP contribution >= 0.6 is 0 Å². The van der Waals surface area contributed by atoms with E-state index in [2.05, 4.69) is 115 Å². The van der Waals surface area contributed by atoms with Crippen LogP contribution in [0.5, 0.6) is 5.75 Å². The van der Waals surface area contributed by atoms with Gasteiger partial charge in [-0.2, -0.15) is 0 Å². The van der Waals surface area contributed by atoms with Crippen LogP contribution in [0, 0.1) is 12.8 Å². The lowest BCUT2D eigenvalue weighted by atomic mass is 9.93. The highest BCUT2D eigenvalue weighted by molar-refractivity contribution is 5.98. The van der Waals surface area contributed by atoms with Crippen molar-refractivity contribution in [1.29, 1.82) is 0 Å². The van der Waals surface area contributed by atoms with Crippen LogP contribution in [-0.2, 0) is 6.42 Å². The number of hydrogen-bond acceptors (Lipinski definition) is 3. The van der Waals surface area contributed by atoms with E-state index >= 15 is 0 Å². The molecule has 0 radical (unpaired) electrons. The SMILES string of the molecule is [2H]C([2H])([2H])c1ccc(-c2ccnc(-c3cc(-c4ccccc4)cc(-c4cccc5c4nc(-c4ccccc4O)n5-c4ccc(CC(C)C)cc4-c4ccccc4)c3)c2)cc1. The Balaban J connectivity index is 1.26. The van der Waals surface area contributed by atoms with Crippen LogP contribution in [0.4, 0.5) is 0 Å². The van der Waals surface area contributed by atoms with Crippen LogP contribution in [0.3, 0.4) is 0 Å². The molecule has 57 heavy (non-hydrogen) atoms. The number of phenols is 1. The van der Waals surface area contributed by atoms with Crippen molar-refractivity contribution in [2.24, 2.45) is 5.92 Å². The standard InChI is InChI=1S/C53H43N3O/c1-35(2)29-37-23-26-49(47(30-37)40-15-8-5-9-16-40)56-50-19-12-18-45(52(50)55-53(56)46-17-10-11-20-51(46)57)43-31-42(38-13-6-4-7-14-38)32-44(33-43)48-34-41(27-28-54-48)39-24-21-36(3)22-25-39/h4-28,30-35,57H,29H2,1-3H3/i3D3. The minimum absolute atomic E-state index is 0.153. The molecule has 2 aromatic heterocycles. The van der Waals surface area contributed by atoms with E-state index in [1.807, 2.05) is 60.7 Å². The van der Waals surface area contributed by atoms with Gasteiger partial charge in [-0.05, 0) is 119 Å². The van der Waals surface area contributed by atoms with Gasteiger partial charge in [0, 0.05) is 27.0 Å². The maximum Gasteiger partial charge on any atom is 0.149 e. The van der Waals surface area contributed by atoms with Crippen molar-refractivity contribution in [3.63, 3.8) is 0 Å². The van der Waals surface area contributed by atoms with E-state index < -0.39 is 6.85 Å². The summed E-state index contributed by atoms with van der Waals surface area (Å²) < 4.78 is 25.6. The Labute approximate surface area is 338 Å². The minimum atomic E-state index is -2.17. The van der Waals surface area contributed by atoms with Gasteiger partial charge in [0.05, 0.1) is 28.0 Å². The second kappa shape index (κ2) is 15.2.